The van der Waals surface area contributed by atoms with Crippen LogP contribution in [0.5, 0.6) is 5.88 Å². The van der Waals surface area contributed by atoms with Crippen molar-refractivity contribution in [2.75, 3.05) is 13.1 Å². The van der Waals surface area contributed by atoms with Gasteiger partial charge in [-0.05, 0) is 6.07 Å². The molecule has 0 unspecified atom stereocenters. The summed E-state index contributed by atoms with van der Waals surface area (Å²) in [5.41, 5.74) is 1.62. The van der Waals surface area contributed by atoms with Gasteiger partial charge in [0, 0.05) is 23.9 Å². The molecule has 0 bridgehead atoms. The number of aromatic nitrogens is 2. The van der Waals surface area contributed by atoms with Crippen molar-refractivity contribution < 1.29 is 14.1 Å². The Morgan fingerprint density at radius 3 is 2.73 bits per heavy atom. The lowest BCUT2D eigenvalue weighted by molar-refractivity contribution is 0.0153. The van der Waals surface area contributed by atoms with Gasteiger partial charge in [-0.15, -0.1) is 0 Å². The second-order valence-corrected chi connectivity index (χ2v) is 5.89. The van der Waals surface area contributed by atoms with Crippen molar-refractivity contribution in [3.05, 3.63) is 66.0 Å². The average Bonchev–Trinajstić information content (AvgIpc) is 3.15. The summed E-state index contributed by atoms with van der Waals surface area (Å²) in [5.74, 6) is 0.807. The Morgan fingerprint density at radius 1 is 1.23 bits per heavy atom. The maximum Gasteiger partial charge on any atom is 0.276 e. The number of amides is 1. The lowest BCUT2D eigenvalue weighted by atomic mass is 10.1. The molecule has 1 amide bonds. The molecular weight excluding hydrogens is 332 g/mol. The number of nitriles is 1. The van der Waals surface area contributed by atoms with E-state index in [2.05, 4.69) is 10.1 Å². The van der Waals surface area contributed by atoms with Crippen molar-refractivity contribution >= 4 is 5.91 Å². The molecule has 4 rings (SSSR count). The molecule has 1 aliphatic rings. The molecule has 1 saturated heterocycles. The van der Waals surface area contributed by atoms with E-state index in [1.165, 1.54) is 6.20 Å². The molecule has 0 saturated carbocycles. The molecule has 0 spiro atoms. The van der Waals surface area contributed by atoms with E-state index in [9.17, 15) is 4.79 Å². The number of likely N-dealkylation sites (tertiary alicyclic amines) is 1. The molecule has 7 nitrogen and oxygen atoms in total. The molecule has 0 N–H and O–H groups in total. The Morgan fingerprint density at radius 2 is 2.04 bits per heavy atom. The quantitative estimate of drug-likeness (QED) is 0.721. The molecule has 2 aromatic heterocycles. The summed E-state index contributed by atoms with van der Waals surface area (Å²) in [4.78, 5) is 18.1. The number of carbonyl (C=O) groups is 1. The van der Waals surface area contributed by atoms with E-state index in [1.54, 1.807) is 23.1 Å². The lowest BCUT2D eigenvalue weighted by Crippen LogP contribution is -2.56. The third-order valence-corrected chi connectivity index (χ3v) is 4.08. The largest absolute Gasteiger partial charge is 0.471 e. The van der Waals surface area contributed by atoms with Gasteiger partial charge in [0.1, 0.15) is 12.2 Å². The smallest absolute Gasteiger partial charge is 0.276 e. The van der Waals surface area contributed by atoms with Gasteiger partial charge in [0.15, 0.2) is 11.5 Å². The normalized spacial score (nSPS) is 13.7. The van der Waals surface area contributed by atoms with Crippen molar-refractivity contribution in [2.24, 2.45) is 0 Å². The van der Waals surface area contributed by atoms with Gasteiger partial charge in [0.25, 0.3) is 5.91 Å². The van der Waals surface area contributed by atoms with Crippen LogP contribution in [0.25, 0.3) is 11.3 Å². The Labute approximate surface area is 149 Å². The maximum absolute atomic E-state index is 12.4. The van der Waals surface area contributed by atoms with Crippen LogP contribution >= 0.6 is 0 Å². The Bertz CT molecular complexity index is 954. The molecule has 128 valence electrons. The van der Waals surface area contributed by atoms with E-state index >= 15 is 0 Å². The summed E-state index contributed by atoms with van der Waals surface area (Å²) in [5, 5.41) is 12.6. The Kier molecular flexibility index (Phi) is 4.07. The molecule has 0 radical (unpaired) electrons. The lowest BCUT2D eigenvalue weighted by Gasteiger charge is -2.38. The third kappa shape index (κ3) is 3.13. The minimum Gasteiger partial charge on any atom is -0.471 e. The second-order valence-electron chi connectivity index (χ2n) is 5.89. The summed E-state index contributed by atoms with van der Waals surface area (Å²) < 4.78 is 11.0. The predicted octanol–water partition coefficient (Wildman–Crippen LogP) is 2.51. The van der Waals surface area contributed by atoms with Gasteiger partial charge in [-0.25, -0.2) is 4.98 Å². The number of nitrogens with zero attached hydrogens (tertiary/aromatic N) is 4. The van der Waals surface area contributed by atoms with Crippen molar-refractivity contribution in [3.8, 4) is 23.3 Å². The first-order valence-electron chi connectivity index (χ1n) is 8.07. The summed E-state index contributed by atoms with van der Waals surface area (Å²) in [6, 6.07) is 16.4. The average molecular weight is 346 g/mol. The molecule has 7 heteroatoms. The fourth-order valence-corrected chi connectivity index (χ4v) is 2.64. The highest BCUT2D eigenvalue weighted by Gasteiger charge is 2.34. The number of rotatable bonds is 4. The molecule has 3 aromatic rings. The van der Waals surface area contributed by atoms with Crippen LogP contribution in [0.4, 0.5) is 0 Å². The molecule has 26 heavy (non-hydrogen) atoms. The van der Waals surface area contributed by atoms with Gasteiger partial charge in [0.05, 0.1) is 18.7 Å². The van der Waals surface area contributed by atoms with Crippen molar-refractivity contribution in [3.63, 3.8) is 0 Å². The van der Waals surface area contributed by atoms with Crippen molar-refractivity contribution in [1.29, 1.82) is 5.26 Å². The van der Waals surface area contributed by atoms with Crippen LogP contribution in [-0.4, -0.2) is 40.1 Å². The minimum atomic E-state index is -0.191. The molecule has 3 heterocycles. The van der Waals surface area contributed by atoms with E-state index in [-0.39, 0.29) is 17.7 Å². The van der Waals surface area contributed by atoms with E-state index in [1.807, 2.05) is 36.4 Å². The van der Waals surface area contributed by atoms with Gasteiger partial charge in [-0.2, -0.15) is 5.26 Å². The number of hydrogen-bond acceptors (Lipinski definition) is 6. The molecule has 1 aromatic carbocycles. The summed E-state index contributed by atoms with van der Waals surface area (Å²) in [6.45, 7) is 0.905. The molecular formula is C19H14N4O3. The highest BCUT2D eigenvalue weighted by Crippen LogP contribution is 2.23. The van der Waals surface area contributed by atoms with Crippen LogP contribution in [0.15, 0.2) is 59.3 Å². The van der Waals surface area contributed by atoms with Gasteiger partial charge in [-0.1, -0.05) is 35.5 Å². The summed E-state index contributed by atoms with van der Waals surface area (Å²) in [7, 11) is 0. The van der Waals surface area contributed by atoms with E-state index < -0.39 is 0 Å². The summed E-state index contributed by atoms with van der Waals surface area (Å²) in [6.07, 6.45) is 1.33. The van der Waals surface area contributed by atoms with Crippen LogP contribution in [0, 0.1) is 11.3 Å². The SMILES string of the molecule is N#Cc1ccc(OC2CN(C(=O)c3cc(-c4ccccc4)on3)C2)nc1. The first-order valence-corrected chi connectivity index (χ1v) is 8.07. The van der Waals surface area contributed by atoms with E-state index in [4.69, 9.17) is 14.5 Å². The Balaban J connectivity index is 1.34. The molecule has 1 fully saturated rings. The first kappa shape index (κ1) is 15.8. The highest BCUT2D eigenvalue weighted by molar-refractivity contribution is 5.93. The molecule has 1 aliphatic heterocycles. The van der Waals surface area contributed by atoms with Gasteiger partial charge in [0.2, 0.25) is 5.88 Å². The van der Waals surface area contributed by atoms with Gasteiger partial charge in [-0.3, -0.25) is 4.79 Å². The number of benzene rings is 1. The molecule has 0 aliphatic carbocycles. The predicted molar refractivity (Wildman–Crippen MR) is 91.2 cm³/mol. The molecule has 0 atom stereocenters. The van der Waals surface area contributed by atoms with Crippen molar-refractivity contribution in [2.45, 2.75) is 6.10 Å². The van der Waals surface area contributed by atoms with E-state index in [0.717, 1.165) is 5.56 Å². The van der Waals surface area contributed by atoms with Gasteiger partial charge >= 0.3 is 0 Å². The monoisotopic (exact) mass is 346 g/mol. The van der Waals surface area contributed by atoms with Gasteiger partial charge < -0.3 is 14.2 Å². The van der Waals surface area contributed by atoms with Crippen LogP contribution < -0.4 is 4.74 Å². The zero-order valence-corrected chi connectivity index (χ0v) is 13.7. The maximum atomic E-state index is 12.4. The number of pyridine rings is 1. The highest BCUT2D eigenvalue weighted by atomic mass is 16.5. The van der Waals surface area contributed by atoms with Crippen LogP contribution in [0.2, 0.25) is 0 Å². The van der Waals surface area contributed by atoms with Crippen molar-refractivity contribution in [1.82, 2.24) is 15.0 Å². The standard InChI is InChI=1S/C19H14N4O3/c20-9-13-6-7-18(21-10-13)25-15-11-23(12-15)19(24)16-8-17(26-22-16)14-4-2-1-3-5-14/h1-8,10,15H,11-12H2. The first-order chi connectivity index (χ1) is 12.7. The van der Waals surface area contributed by atoms with Crippen LogP contribution in [0.1, 0.15) is 16.1 Å². The Hall–Kier alpha value is -3.66. The summed E-state index contributed by atoms with van der Waals surface area (Å²) >= 11 is 0. The zero-order valence-electron chi connectivity index (χ0n) is 13.7. The number of ether oxygens (including phenoxy) is 1. The second kappa shape index (κ2) is 6.69. The number of hydrogen-bond donors (Lipinski definition) is 0. The fourth-order valence-electron chi connectivity index (χ4n) is 2.64. The zero-order chi connectivity index (χ0) is 17.9. The fraction of sp³-hybridized carbons (Fsp3) is 0.158. The van der Waals surface area contributed by atoms with Crippen LogP contribution in [0.3, 0.4) is 0 Å². The third-order valence-electron chi connectivity index (χ3n) is 4.08. The van der Waals surface area contributed by atoms with E-state index in [0.29, 0.717) is 30.3 Å². The number of carbonyl (C=O) groups excluding carboxylic acids is 1. The minimum absolute atomic E-state index is 0.125. The van der Waals surface area contributed by atoms with Crippen LogP contribution in [-0.2, 0) is 0 Å². The topological polar surface area (TPSA) is 92.2 Å².